The molecule has 0 aromatic carbocycles. The number of carbonyl (C=O) groups is 2. The van der Waals surface area contributed by atoms with Crippen LogP contribution in [-0.2, 0) is 14.3 Å². The Hall–Kier alpha value is -0.600. The molecule has 142 valence electrons. The minimum Gasteiger partial charge on any atom is -0.378 e. The van der Waals surface area contributed by atoms with Crippen LogP contribution in [0.1, 0.15) is 19.8 Å². The van der Waals surface area contributed by atoms with Crippen molar-refractivity contribution in [2.24, 2.45) is 5.73 Å². The van der Waals surface area contributed by atoms with Crippen molar-refractivity contribution in [2.75, 3.05) is 59.0 Å². The van der Waals surface area contributed by atoms with E-state index in [-0.39, 0.29) is 42.7 Å². The number of carbonyl (C=O) groups excluding carboxylic acids is 2. The molecule has 0 spiro atoms. The molecule has 2 heterocycles. The molecule has 0 radical (unpaired) electrons. The van der Waals surface area contributed by atoms with Gasteiger partial charge in [-0.3, -0.25) is 14.5 Å². The largest absolute Gasteiger partial charge is 0.378 e. The number of nitrogens with two attached hydrogens (primary N) is 1. The summed E-state index contributed by atoms with van der Waals surface area (Å²) in [6, 6.07) is -0.383. The summed E-state index contributed by atoms with van der Waals surface area (Å²) in [6.07, 6.45) is 1.65. The molecular weight excluding hydrogens is 355 g/mol. The van der Waals surface area contributed by atoms with Gasteiger partial charge in [0.25, 0.3) is 0 Å². The van der Waals surface area contributed by atoms with Crippen LogP contribution < -0.4 is 5.73 Å². The molecule has 2 fully saturated rings. The normalized spacial score (nSPS) is 19.9. The average Bonchev–Trinajstić information content (AvgIpc) is 2.56. The summed E-state index contributed by atoms with van der Waals surface area (Å²) in [5.41, 5.74) is 5.89. The zero-order valence-corrected chi connectivity index (χ0v) is 15.9. The van der Waals surface area contributed by atoms with Gasteiger partial charge in [-0.25, -0.2) is 0 Å². The molecule has 2 saturated heterocycles. The number of nitrogens with zero attached hydrogens (tertiary/aromatic N) is 3. The second kappa shape index (κ2) is 11.9. The summed E-state index contributed by atoms with van der Waals surface area (Å²) in [6.45, 7) is 7.88. The van der Waals surface area contributed by atoms with E-state index in [4.69, 9.17) is 10.5 Å². The minimum atomic E-state index is -0.383. The number of halogens is 2. The van der Waals surface area contributed by atoms with Crippen molar-refractivity contribution >= 4 is 36.6 Å². The highest BCUT2D eigenvalue weighted by Crippen LogP contribution is 2.07. The Morgan fingerprint density at radius 2 is 1.58 bits per heavy atom. The summed E-state index contributed by atoms with van der Waals surface area (Å²) >= 11 is 0. The molecule has 24 heavy (non-hydrogen) atoms. The fraction of sp³-hybridized carbons (Fsp3) is 0.867. The molecule has 2 amide bonds. The molecule has 0 saturated carbocycles. The fourth-order valence-corrected chi connectivity index (χ4v) is 2.90. The van der Waals surface area contributed by atoms with Gasteiger partial charge >= 0.3 is 0 Å². The quantitative estimate of drug-likeness (QED) is 0.719. The maximum atomic E-state index is 12.2. The molecule has 2 N–H and O–H groups in total. The van der Waals surface area contributed by atoms with Crippen molar-refractivity contribution in [3.63, 3.8) is 0 Å². The number of hydrogen-bond acceptors (Lipinski definition) is 5. The van der Waals surface area contributed by atoms with Crippen molar-refractivity contribution in [3.8, 4) is 0 Å². The Kier molecular flexibility index (Phi) is 11.6. The van der Waals surface area contributed by atoms with Crippen molar-refractivity contribution in [1.82, 2.24) is 14.7 Å². The third-order valence-electron chi connectivity index (χ3n) is 4.32. The third kappa shape index (κ3) is 6.72. The topological polar surface area (TPSA) is 79.1 Å². The Labute approximate surface area is 156 Å². The predicted octanol–water partition coefficient (Wildman–Crippen LogP) is -0.0396. The molecular formula is C15H30Cl2N4O3. The maximum Gasteiger partial charge on any atom is 0.239 e. The molecule has 2 aliphatic rings. The van der Waals surface area contributed by atoms with Crippen molar-refractivity contribution < 1.29 is 14.3 Å². The highest BCUT2D eigenvalue weighted by Gasteiger charge is 2.26. The number of amides is 2. The molecule has 0 aliphatic carbocycles. The Morgan fingerprint density at radius 3 is 2.12 bits per heavy atom. The van der Waals surface area contributed by atoms with Gasteiger partial charge < -0.3 is 20.3 Å². The van der Waals surface area contributed by atoms with Crippen LogP contribution in [0.25, 0.3) is 0 Å². The number of rotatable bonds is 5. The fourth-order valence-electron chi connectivity index (χ4n) is 2.90. The SMILES string of the molecule is CCCC(N)C(=O)N1CCN(CC(=O)N2CCOCC2)CC1.Cl.Cl. The summed E-state index contributed by atoms with van der Waals surface area (Å²) in [4.78, 5) is 30.2. The van der Waals surface area contributed by atoms with Gasteiger partial charge in [0.1, 0.15) is 0 Å². The van der Waals surface area contributed by atoms with Gasteiger partial charge in [0.15, 0.2) is 0 Å². The summed E-state index contributed by atoms with van der Waals surface area (Å²) in [5, 5.41) is 0. The number of morpholine rings is 1. The van der Waals surface area contributed by atoms with E-state index in [1.165, 1.54) is 0 Å². The third-order valence-corrected chi connectivity index (χ3v) is 4.32. The van der Waals surface area contributed by atoms with Gasteiger partial charge in [0.05, 0.1) is 25.8 Å². The van der Waals surface area contributed by atoms with Crippen molar-refractivity contribution in [2.45, 2.75) is 25.8 Å². The summed E-state index contributed by atoms with van der Waals surface area (Å²) < 4.78 is 5.26. The van der Waals surface area contributed by atoms with Gasteiger partial charge in [0.2, 0.25) is 11.8 Å². The molecule has 0 aromatic heterocycles. The molecule has 9 heteroatoms. The van der Waals surface area contributed by atoms with Crippen LogP contribution in [0.3, 0.4) is 0 Å². The zero-order valence-electron chi connectivity index (χ0n) is 14.3. The molecule has 1 atom stereocenters. The van der Waals surface area contributed by atoms with Crippen LogP contribution in [-0.4, -0.2) is 91.6 Å². The van der Waals surface area contributed by atoms with E-state index >= 15 is 0 Å². The first kappa shape index (κ1) is 23.4. The van der Waals surface area contributed by atoms with E-state index < -0.39 is 0 Å². The summed E-state index contributed by atoms with van der Waals surface area (Å²) in [7, 11) is 0. The lowest BCUT2D eigenvalue weighted by Crippen LogP contribution is -2.55. The standard InChI is InChI=1S/C15H28N4O3.2ClH/c1-2-3-13(16)15(21)19-6-4-17(5-7-19)12-14(20)18-8-10-22-11-9-18;;/h13H,2-12,16H2,1H3;2*1H. The number of ether oxygens (including phenoxy) is 1. The van der Waals surface area contributed by atoms with Gasteiger partial charge in [0, 0.05) is 39.3 Å². The van der Waals surface area contributed by atoms with E-state index in [1.54, 1.807) is 0 Å². The first-order valence-electron chi connectivity index (χ1n) is 8.24. The van der Waals surface area contributed by atoms with Gasteiger partial charge in [-0.1, -0.05) is 13.3 Å². The predicted molar refractivity (Wildman–Crippen MR) is 97.8 cm³/mol. The van der Waals surface area contributed by atoms with E-state index in [2.05, 4.69) is 4.90 Å². The molecule has 1 unspecified atom stereocenters. The molecule has 2 rings (SSSR count). The van der Waals surface area contributed by atoms with E-state index in [9.17, 15) is 9.59 Å². The van der Waals surface area contributed by atoms with Crippen LogP contribution in [0.4, 0.5) is 0 Å². The Balaban J connectivity index is 0.00000264. The van der Waals surface area contributed by atoms with E-state index in [1.807, 2.05) is 16.7 Å². The minimum absolute atomic E-state index is 0. The smallest absolute Gasteiger partial charge is 0.239 e. The first-order valence-corrected chi connectivity index (χ1v) is 8.24. The lowest BCUT2D eigenvalue weighted by atomic mass is 10.1. The van der Waals surface area contributed by atoms with Crippen molar-refractivity contribution in [3.05, 3.63) is 0 Å². The van der Waals surface area contributed by atoms with Crippen LogP contribution in [0.15, 0.2) is 0 Å². The van der Waals surface area contributed by atoms with Gasteiger partial charge in [-0.2, -0.15) is 0 Å². The monoisotopic (exact) mass is 384 g/mol. The summed E-state index contributed by atoms with van der Waals surface area (Å²) in [5.74, 6) is 0.201. The molecule has 0 aromatic rings. The zero-order chi connectivity index (χ0) is 15.9. The molecule has 2 aliphatic heterocycles. The second-order valence-electron chi connectivity index (χ2n) is 5.99. The van der Waals surface area contributed by atoms with E-state index in [0.29, 0.717) is 45.9 Å². The highest BCUT2D eigenvalue weighted by molar-refractivity contribution is 5.85. The molecule has 0 bridgehead atoms. The first-order chi connectivity index (χ1) is 10.6. The van der Waals surface area contributed by atoms with Crippen molar-refractivity contribution in [1.29, 1.82) is 0 Å². The number of hydrogen-bond donors (Lipinski definition) is 1. The Morgan fingerprint density at radius 1 is 1.00 bits per heavy atom. The Bertz CT molecular complexity index is 387. The van der Waals surface area contributed by atoms with Crippen LogP contribution in [0.2, 0.25) is 0 Å². The van der Waals surface area contributed by atoms with Crippen LogP contribution in [0, 0.1) is 0 Å². The lowest BCUT2D eigenvalue weighted by molar-refractivity contribution is -0.138. The second-order valence-corrected chi connectivity index (χ2v) is 5.99. The molecule has 7 nitrogen and oxygen atoms in total. The lowest BCUT2D eigenvalue weighted by Gasteiger charge is -2.36. The number of piperazine rings is 1. The average molecular weight is 385 g/mol. The van der Waals surface area contributed by atoms with Crippen LogP contribution >= 0.6 is 24.8 Å². The highest BCUT2D eigenvalue weighted by atomic mass is 35.5. The van der Waals surface area contributed by atoms with E-state index in [0.717, 1.165) is 25.9 Å². The maximum absolute atomic E-state index is 12.2. The van der Waals surface area contributed by atoms with Gasteiger partial charge in [-0.05, 0) is 6.42 Å². The van der Waals surface area contributed by atoms with Gasteiger partial charge in [-0.15, -0.1) is 24.8 Å². The van der Waals surface area contributed by atoms with Crippen LogP contribution in [0.5, 0.6) is 0 Å².